The first kappa shape index (κ1) is 8.18. The number of β-amino-alcohol motifs (C(OH)–C–C–N with tert-alkyl or cyclic N) is 1. The molecule has 1 N–H and O–H groups in total. The Kier molecular flexibility index (Phi) is 1.77. The van der Waals surface area contributed by atoms with E-state index in [2.05, 4.69) is 14.7 Å². The molecule has 1 saturated heterocycles. The number of likely N-dealkylation sites (tertiary alicyclic amines) is 1. The number of aliphatic hydroxyl groups excluding tert-OH is 1. The van der Waals surface area contributed by atoms with Crippen molar-refractivity contribution in [3.05, 3.63) is 11.7 Å². The van der Waals surface area contributed by atoms with Gasteiger partial charge >= 0.3 is 0 Å². The van der Waals surface area contributed by atoms with E-state index in [1.54, 1.807) is 6.92 Å². The van der Waals surface area contributed by atoms with Crippen LogP contribution in [0.15, 0.2) is 4.52 Å². The first-order valence-corrected chi connectivity index (χ1v) is 3.94. The van der Waals surface area contributed by atoms with Gasteiger partial charge in [0.2, 0.25) is 5.89 Å². The summed E-state index contributed by atoms with van der Waals surface area (Å²) in [7, 11) is 0. The van der Waals surface area contributed by atoms with E-state index in [0.29, 0.717) is 19.0 Å². The smallest absolute Gasteiger partial charge is 0.295 e. The Bertz CT molecular complexity index is 329. The van der Waals surface area contributed by atoms with Crippen LogP contribution in [0.1, 0.15) is 16.5 Å². The molecule has 2 heterocycles. The summed E-state index contributed by atoms with van der Waals surface area (Å²) in [5, 5.41) is 12.4. The van der Waals surface area contributed by atoms with Crippen LogP contribution in [0.5, 0.6) is 0 Å². The number of aryl methyl sites for hydroxylation is 1. The molecule has 13 heavy (non-hydrogen) atoms. The van der Waals surface area contributed by atoms with Gasteiger partial charge in [-0.05, 0) is 0 Å². The van der Waals surface area contributed by atoms with Gasteiger partial charge in [-0.1, -0.05) is 5.16 Å². The number of aliphatic hydroxyl groups is 1. The summed E-state index contributed by atoms with van der Waals surface area (Å²) >= 11 is 0. The van der Waals surface area contributed by atoms with Crippen LogP contribution < -0.4 is 0 Å². The van der Waals surface area contributed by atoms with Crippen molar-refractivity contribution in [3.63, 3.8) is 0 Å². The lowest BCUT2D eigenvalue weighted by molar-refractivity contribution is 0.00489. The molecule has 0 radical (unpaired) electrons. The molecule has 70 valence electrons. The molecule has 1 fully saturated rings. The third kappa shape index (κ3) is 1.40. The Morgan fingerprint density at radius 2 is 2.38 bits per heavy atom. The molecule has 0 spiro atoms. The van der Waals surface area contributed by atoms with Gasteiger partial charge in [-0.15, -0.1) is 0 Å². The average Bonchev–Trinajstić information content (AvgIpc) is 2.45. The molecule has 1 aromatic heterocycles. The number of rotatable bonds is 1. The van der Waals surface area contributed by atoms with Gasteiger partial charge in [-0.2, -0.15) is 4.98 Å². The summed E-state index contributed by atoms with van der Waals surface area (Å²) in [6, 6.07) is 0. The Labute approximate surface area is 74.2 Å². The van der Waals surface area contributed by atoms with Crippen LogP contribution in [0, 0.1) is 6.92 Å². The highest BCUT2D eigenvalue weighted by atomic mass is 16.5. The van der Waals surface area contributed by atoms with Gasteiger partial charge < -0.3 is 14.5 Å². The van der Waals surface area contributed by atoms with Gasteiger partial charge in [0.1, 0.15) is 0 Å². The summed E-state index contributed by atoms with van der Waals surface area (Å²) < 4.78 is 4.66. The van der Waals surface area contributed by atoms with Gasteiger partial charge in [0.25, 0.3) is 11.7 Å². The Hall–Kier alpha value is -1.43. The van der Waals surface area contributed by atoms with Crippen LogP contribution in [0.25, 0.3) is 0 Å². The average molecular weight is 183 g/mol. The highest BCUT2D eigenvalue weighted by molar-refractivity contribution is 5.90. The molecule has 0 bridgehead atoms. The fourth-order valence-electron chi connectivity index (χ4n) is 1.15. The normalized spacial score (nSPS) is 17.2. The van der Waals surface area contributed by atoms with Gasteiger partial charge in [0.05, 0.1) is 6.10 Å². The Morgan fingerprint density at radius 3 is 2.85 bits per heavy atom. The van der Waals surface area contributed by atoms with Crippen molar-refractivity contribution in [3.8, 4) is 0 Å². The molecule has 6 heteroatoms. The molecule has 0 unspecified atom stereocenters. The zero-order chi connectivity index (χ0) is 9.42. The third-order valence-electron chi connectivity index (χ3n) is 1.87. The van der Waals surface area contributed by atoms with E-state index < -0.39 is 6.10 Å². The molecule has 0 aromatic carbocycles. The minimum Gasteiger partial charge on any atom is -0.389 e. The topological polar surface area (TPSA) is 79.5 Å². The van der Waals surface area contributed by atoms with Crippen molar-refractivity contribution in [1.82, 2.24) is 15.0 Å². The molecule has 0 saturated carbocycles. The van der Waals surface area contributed by atoms with E-state index in [0.717, 1.165) is 0 Å². The number of carbonyl (C=O) groups is 1. The van der Waals surface area contributed by atoms with Crippen LogP contribution in [0.2, 0.25) is 0 Å². The van der Waals surface area contributed by atoms with E-state index >= 15 is 0 Å². The lowest BCUT2D eigenvalue weighted by atomic mass is 10.2. The summed E-state index contributed by atoms with van der Waals surface area (Å²) in [6.45, 7) is 2.33. The minimum absolute atomic E-state index is 0.0596. The summed E-state index contributed by atoms with van der Waals surface area (Å²) in [6.07, 6.45) is -0.406. The molecule has 1 amide bonds. The standard InChI is InChI=1S/C7H9N3O3/c1-4-8-6(9-13-4)7(12)10-2-5(11)3-10/h5,11H,2-3H2,1H3. The predicted octanol–water partition coefficient (Wildman–Crippen LogP) is -0.805. The fourth-order valence-corrected chi connectivity index (χ4v) is 1.15. The second-order valence-electron chi connectivity index (χ2n) is 3.00. The summed E-state index contributed by atoms with van der Waals surface area (Å²) in [5.41, 5.74) is 0. The maximum Gasteiger partial charge on any atom is 0.295 e. The van der Waals surface area contributed by atoms with Crippen LogP contribution in [0.3, 0.4) is 0 Å². The van der Waals surface area contributed by atoms with Crippen LogP contribution in [0.4, 0.5) is 0 Å². The van der Waals surface area contributed by atoms with Crippen molar-refractivity contribution in [2.75, 3.05) is 13.1 Å². The molecular formula is C7H9N3O3. The number of amides is 1. The molecule has 0 aliphatic carbocycles. The molecule has 1 aliphatic rings. The van der Waals surface area contributed by atoms with Gasteiger partial charge in [-0.25, -0.2) is 0 Å². The molecule has 1 aliphatic heterocycles. The maximum absolute atomic E-state index is 11.4. The van der Waals surface area contributed by atoms with Crippen molar-refractivity contribution in [1.29, 1.82) is 0 Å². The van der Waals surface area contributed by atoms with Crippen molar-refractivity contribution in [2.45, 2.75) is 13.0 Å². The number of hydrogen-bond acceptors (Lipinski definition) is 5. The van der Waals surface area contributed by atoms with Crippen molar-refractivity contribution in [2.24, 2.45) is 0 Å². The van der Waals surface area contributed by atoms with Crippen LogP contribution in [-0.4, -0.2) is 45.2 Å². The van der Waals surface area contributed by atoms with Gasteiger partial charge in [0.15, 0.2) is 0 Å². The highest BCUT2D eigenvalue weighted by Crippen LogP contribution is 2.10. The Balaban J connectivity index is 2.06. The predicted molar refractivity (Wildman–Crippen MR) is 40.9 cm³/mol. The first-order valence-electron chi connectivity index (χ1n) is 3.94. The van der Waals surface area contributed by atoms with Gasteiger partial charge in [0, 0.05) is 20.0 Å². The Morgan fingerprint density at radius 1 is 1.69 bits per heavy atom. The summed E-state index contributed by atoms with van der Waals surface area (Å²) in [4.78, 5) is 16.7. The third-order valence-corrected chi connectivity index (χ3v) is 1.87. The quantitative estimate of drug-likeness (QED) is 0.616. The van der Waals surface area contributed by atoms with E-state index in [1.807, 2.05) is 0 Å². The second-order valence-corrected chi connectivity index (χ2v) is 3.00. The summed E-state index contributed by atoms with van der Waals surface area (Å²) in [5.74, 6) is 0.135. The fraction of sp³-hybridized carbons (Fsp3) is 0.571. The maximum atomic E-state index is 11.4. The second kappa shape index (κ2) is 2.81. The van der Waals surface area contributed by atoms with Crippen molar-refractivity contribution < 1.29 is 14.4 Å². The van der Waals surface area contributed by atoms with E-state index in [-0.39, 0.29) is 11.7 Å². The molecule has 1 aromatic rings. The molecule has 2 rings (SSSR count). The van der Waals surface area contributed by atoms with Gasteiger partial charge in [-0.3, -0.25) is 4.79 Å². The highest BCUT2D eigenvalue weighted by Gasteiger charge is 2.31. The largest absolute Gasteiger partial charge is 0.389 e. The lowest BCUT2D eigenvalue weighted by Gasteiger charge is -2.34. The monoisotopic (exact) mass is 183 g/mol. The first-order chi connectivity index (χ1) is 6.16. The van der Waals surface area contributed by atoms with Crippen LogP contribution >= 0.6 is 0 Å². The van der Waals surface area contributed by atoms with E-state index in [9.17, 15) is 4.79 Å². The number of hydrogen-bond donors (Lipinski definition) is 1. The van der Waals surface area contributed by atoms with Crippen LogP contribution in [-0.2, 0) is 0 Å². The minimum atomic E-state index is -0.406. The SMILES string of the molecule is Cc1nc(C(=O)N2CC(O)C2)no1. The van der Waals surface area contributed by atoms with E-state index in [4.69, 9.17) is 5.11 Å². The van der Waals surface area contributed by atoms with Crippen molar-refractivity contribution >= 4 is 5.91 Å². The molecule has 6 nitrogen and oxygen atoms in total. The molecule has 0 atom stereocenters. The zero-order valence-corrected chi connectivity index (χ0v) is 7.10. The zero-order valence-electron chi connectivity index (χ0n) is 7.10. The number of aromatic nitrogens is 2. The molecular weight excluding hydrogens is 174 g/mol. The lowest BCUT2D eigenvalue weighted by Crippen LogP contribution is -2.53. The number of carbonyl (C=O) groups excluding carboxylic acids is 1. The number of nitrogens with zero attached hydrogens (tertiary/aromatic N) is 3. The van der Waals surface area contributed by atoms with E-state index in [1.165, 1.54) is 4.90 Å².